The van der Waals surface area contributed by atoms with Crippen molar-refractivity contribution in [2.24, 2.45) is 0 Å². The number of aryl methyl sites for hydroxylation is 1. The summed E-state index contributed by atoms with van der Waals surface area (Å²) in [5, 5.41) is 3.29. The Morgan fingerprint density at radius 3 is 3.00 bits per heavy atom. The molecule has 1 atom stereocenters. The molecule has 1 unspecified atom stereocenters. The SMILES string of the molecule is Cc1ccc(Br)c(C(=O)N2CCNCC2C)c1. The van der Waals surface area contributed by atoms with Crippen LogP contribution in [0.1, 0.15) is 22.8 Å². The van der Waals surface area contributed by atoms with Crippen molar-refractivity contribution >= 4 is 21.8 Å². The smallest absolute Gasteiger partial charge is 0.255 e. The maximum atomic E-state index is 12.5. The van der Waals surface area contributed by atoms with Gasteiger partial charge in [0.25, 0.3) is 5.91 Å². The van der Waals surface area contributed by atoms with Gasteiger partial charge < -0.3 is 10.2 Å². The summed E-state index contributed by atoms with van der Waals surface area (Å²) in [6, 6.07) is 6.14. The Morgan fingerprint density at radius 2 is 2.29 bits per heavy atom. The van der Waals surface area contributed by atoms with Crippen LogP contribution in [0.2, 0.25) is 0 Å². The lowest BCUT2D eigenvalue weighted by Crippen LogP contribution is -2.52. The van der Waals surface area contributed by atoms with Crippen LogP contribution < -0.4 is 5.32 Å². The molecule has 1 aromatic carbocycles. The molecule has 1 aliphatic rings. The van der Waals surface area contributed by atoms with Gasteiger partial charge in [-0.2, -0.15) is 0 Å². The lowest BCUT2D eigenvalue weighted by atomic mass is 10.1. The number of hydrogen-bond donors (Lipinski definition) is 1. The molecule has 1 fully saturated rings. The summed E-state index contributed by atoms with van der Waals surface area (Å²) in [5.74, 6) is 0.120. The van der Waals surface area contributed by atoms with E-state index in [0.717, 1.165) is 35.2 Å². The van der Waals surface area contributed by atoms with Gasteiger partial charge in [0, 0.05) is 30.1 Å². The molecule has 0 aromatic heterocycles. The number of piperazine rings is 1. The zero-order chi connectivity index (χ0) is 12.4. The van der Waals surface area contributed by atoms with Crippen molar-refractivity contribution in [3.05, 3.63) is 33.8 Å². The van der Waals surface area contributed by atoms with Crippen LogP contribution in [0.25, 0.3) is 0 Å². The van der Waals surface area contributed by atoms with Crippen LogP contribution in [0.3, 0.4) is 0 Å². The van der Waals surface area contributed by atoms with Gasteiger partial charge in [-0.3, -0.25) is 4.79 Å². The summed E-state index contributed by atoms with van der Waals surface area (Å²) in [6.07, 6.45) is 0. The van der Waals surface area contributed by atoms with E-state index in [-0.39, 0.29) is 11.9 Å². The van der Waals surface area contributed by atoms with Crippen LogP contribution in [-0.4, -0.2) is 36.5 Å². The molecule has 92 valence electrons. The first-order chi connectivity index (χ1) is 8.09. The molecule has 2 rings (SSSR count). The van der Waals surface area contributed by atoms with E-state index in [2.05, 4.69) is 28.2 Å². The first-order valence-electron chi connectivity index (χ1n) is 5.87. The van der Waals surface area contributed by atoms with Gasteiger partial charge in [-0.25, -0.2) is 0 Å². The van der Waals surface area contributed by atoms with Crippen molar-refractivity contribution in [3.8, 4) is 0 Å². The van der Waals surface area contributed by atoms with E-state index in [9.17, 15) is 4.79 Å². The van der Waals surface area contributed by atoms with Crippen molar-refractivity contribution in [1.82, 2.24) is 10.2 Å². The van der Waals surface area contributed by atoms with Crippen LogP contribution in [0.15, 0.2) is 22.7 Å². The summed E-state index contributed by atoms with van der Waals surface area (Å²) in [5.41, 5.74) is 1.87. The highest BCUT2D eigenvalue weighted by Gasteiger charge is 2.25. The Labute approximate surface area is 110 Å². The van der Waals surface area contributed by atoms with Crippen molar-refractivity contribution in [1.29, 1.82) is 0 Å². The monoisotopic (exact) mass is 296 g/mol. The Balaban J connectivity index is 2.26. The molecule has 0 bridgehead atoms. The van der Waals surface area contributed by atoms with E-state index in [1.807, 2.05) is 30.0 Å². The number of benzene rings is 1. The zero-order valence-corrected chi connectivity index (χ0v) is 11.8. The average molecular weight is 297 g/mol. The molecule has 0 radical (unpaired) electrons. The number of hydrogen-bond acceptors (Lipinski definition) is 2. The van der Waals surface area contributed by atoms with Crippen LogP contribution in [0, 0.1) is 6.92 Å². The number of rotatable bonds is 1. The predicted molar refractivity (Wildman–Crippen MR) is 72.2 cm³/mol. The zero-order valence-electron chi connectivity index (χ0n) is 10.2. The van der Waals surface area contributed by atoms with E-state index < -0.39 is 0 Å². The molecule has 1 heterocycles. The molecule has 4 heteroatoms. The molecular weight excluding hydrogens is 280 g/mol. The minimum atomic E-state index is 0.120. The van der Waals surface area contributed by atoms with Crippen molar-refractivity contribution in [3.63, 3.8) is 0 Å². The van der Waals surface area contributed by atoms with Crippen LogP contribution in [0.4, 0.5) is 0 Å². The average Bonchev–Trinajstić information content (AvgIpc) is 2.32. The highest BCUT2D eigenvalue weighted by molar-refractivity contribution is 9.10. The summed E-state index contributed by atoms with van der Waals surface area (Å²) < 4.78 is 0.874. The molecule has 0 saturated carbocycles. The Morgan fingerprint density at radius 1 is 1.53 bits per heavy atom. The van der Waals surface area contributed by atoms with Gasteiger partial charge in [0.1, 0.15) is 0 Å². The quantitative estimate of drug-likeness (QED) is 0.862. The summed E-state index contributed by atoms with van der Waals surface area (Å²) >= 11 is 3.45. The molecule has 1 aromatic rings. The van der Waals surface area contributed by atoms with Gasteiger partial charge in [0.15, 0.2) is 0 Å². The first kappa shape index (κ1) is 12.6. The minimum Gasteiger partial charge on any atom is -0.333 e. The molecule has 1 amide bonds. The largest absolute Gasteiger partial charge is 0.333 e. The van der Waals surface area contributed by atoms with E-state index in [0.29, 0.717) is 0 Å². The number of carbonyl (C=O) groups excluding carboxylic acids is 1. The lowest BCUT2D eigenvalue weighted by Gasteiger charge is -2.34. The number of nitrogens with zero attached hydrogens (tertiary/aromatic N) is 1. The maximum absolute atomic E-state index is 12.5. The molecule has 3 nitrogen and oxygen atoms in total. The first-order valence-corrected chi connectivity index (χ1v) is 6.66. The van der Waals surface area contributed by atoms with Gasteiger partial charge in [-0.15, -0.1) is 0 Å². The molecule has 0 spiro atoms. The molecule has 17 heavy (non-hydrogen) atoms. The molecule has 1 saturated heterocycles. The van der Waals surface area contributed by atoms with Gasteiger partial charge in [0.05, 0.1) is 5.56 Å². The van der Waals surface area contributed by atoms with Crippen LogP contribution in [-0.2, 0) is 0 Å². The van der Waals surface area contributed by atoms with Gasteiger partial charge >= 0.3 is 0 Å². The lowest BCUT2D eigenvalue weighted by molar-refractivity contribution is 0.0654. The maximum Gasteiger partial charge on any atom is 0.255 e. The van der Waals surface area contributed by atoms with Gasteiger partial charge in [-0.05, 0) is 41.9 Å². The fraction of sp³-hybridized carbons (Fsp3) is 0.462. The topological polar surface area (TPSA) is 32.3 Å². The van der Waals surface area contributed by atoms with Crippen molar-refractivity contribution in [2.75, 3.05) is 19.6 Å². The molecular formula is C13H17BrN2O. The summed E-state index contributed by atoms with van der Waals surface area (Å²) in [4.78, 5) is 14.4. The fourth-order valence-electron chi connectivity index (χ4n) is 2.10. The minimum absolute atomic E-state index is 0.120. The molecule has 1 N–H and O–H groups in total. The highest BCUT2D eigenvalue weighted by atomic mass is 79.9. The third kappa shape index (κ3) is 2.69. The second kappa shape index (κ2) is 5.19. The Bertz CT molecular complexity index is 433. The standard InChI is InChI=1S/C13H17BrN2O/c1-9-3-4-12(14)11(7-9)13(17)16-6-5-15-8-10(16)2/h3-4,7,10,15H,5-6,8H2,1-2H3. The van der Waals surface area contributed by atoms with Gasteiger partial charge in [-0.1, -0.05) is 11.6 Å². The number of halogens is 1. The Kier molecular flexibility index (Phi) is 3.84. The van der Waals surface area contributed by atoms with Crippen LogP contribution in [0.5, 0.6) is 0 Å². The summed E-state index contributed by atoms with van der Waals surface area (Å²) in [6.45, 7) is 6.60. The van der Waals surface area contributed by atoms with E-state index >= 15 is 0 Å². The van der Waals surface area contributed by atoms with Crippen molar-refractivity contribution < 1.29 is 4.79 Å². The van der Waals surface area contributed by atoms with Crippen molar-refractivity contribution in [2.45, 2.75) is 19.9 Å². The number of carbonyl (C=O) groups is 1. The van der Waals surface area contributed by atoms with E-state index in [1.54, 1.807) is 0 Å². The Hall–Kier alpha value is -0.870. The second-order valence-electron chi connectivity index (χ2n) is 4.53. The van der Waals surface area contributed by atoms with E-state index in [1.165, 1.54) is 0 Å². The van der Waals surface area contributed by atoms with E-state index in [4.69, 9.17) is 0 Å². The number of amides is 1. The third-order valence-corrected chi connectivity index (χ3v) is 3.81. The van der Waals surface area contributed by atoms with Gasteiger partial charge in [0.2, 0.25) is 0 Å². The predicted octanol–water partition coefficient (Wildman–Crippen LogP) is 2.19. The second-order valence-corrected chi connectivity index (χ2v) is 5.39. The highest BCUT2D eigenvalue weighted by Crippen LogP contribution is 2.21. The normalized spacial score (nSPS) is 20.4. The fourth-order valence-corrected chi connectivity index (χ4v) is 2.52. The third-order valence-electron chi connectivity index (χ3n) is 3.11. The number of nitrogens with one attached hydrogen (secondary N) is 1. The molecule has 0 aliphatic carbocycles. The molecule has 1 aliphatic heterocycles. The summed E-state index contributed by atoms with van der Waals surface area (Å²) in [7, 11) is 0. The van der Waals surface area contributed by atoms with Crippen LogP contribution >= 0.6 is 15.9 Å².